The molecule has 3 saturated carbocycles. The molecule has 0 bridgehead atoms. The highest BCUT2D eigenvalue weighted by molar-refractivity contribution is 5.84. The Morgan fingerprint density at radius 1 is 1.32 bits per heavy atom. The summed E-state index contributed by atoms with van der Waals surface area (Å²) in [5.41, 5.74) is 1.49. The van der Waals surface area contributed by atoms with E-state index in [0.29, 0.717) is 17.4 Å². The summed E-state index contributed by atoms with van der Waals surface area (Å²) < 4.78 is 33.8. The predicted molar refractivity (Wildman–Crippen MR) is 89.1 cm³/mol. The molecular formula is C18H25F2N3O2. The summed E-state index contributed by atoms with van der Waals surface area (Å²) in [7, 11) is 0. The second-order valence-electron chi connectivity index (χ2n) is 7.92. The molecule has 0 saturated heterocycles. The lowest BCUT2D eigenvalue weighted by Crippen LogP contribution is -2.34. The Bertz CT molecular complexity index is 672. The van der Waals surface area contributed by atoms with Gasteiger partial charge in [-0.2, -0.15) is 5.10 Å². The SMILES string of the molecule is Cc1c(C2CC(F)(F)C2)nn(C2CCC2)c1NC(=O)O[C@@H](C)C1CC1. The Kier molecular flexibility index (Phi) is 4.00. The average molecular weight is 353 g/mol. The molecule has 1 amide bonds. The standard InChI is InChI=1S/C18H25F2N3O2/c1-10-15(13-8-18(19,20)9-13)22-23(14-4-3-5-14)16(10)21-17(24)25-11(2)12-6-7-12/h11-14H,3-9H2,1-2H3,(H,21,24)/t11-/m0/s1. The van der Waals surface area contributed by atoms with Gasteiger partial charge in [-0.3, -0.25) is 5.32 Å². The number of anilines is 1. The van der Waals surface area contributed by atoms with Gasteiger partial charge in [0.1, 0.15) is 11.9 Å². The van der Waals surface area contributed by atoms with E-state index in [2.05, 4.69) is 10.4 Å². The van der Waals surface area contributed by atoms with Crippen molar-refractivity contribution >= 4 is 11.9 Å². The van der Waals surface area contributed by atoms with E-state index >= 15 is 0 Å². The predicted octanol–water partition coefficient (Wildman–Crippen LogP) is 4.78. The van der Waals surface area contributed by atoms with Gasteiger partial charge < -0.3 is 4.74 Å². The molecule has 7 heteroatoms. The number of aromatic nitrogens is 2. The van der Waals surface area contributed by atoms with Crippen molar-refractivity contribution in [1.82, 2.24) is 9.78 Å². The first kappa shape index (κ1) is 16.8. The zero-order chi connectivity index (χ0) is 17.8. The second-order valence-corrected chi connectivity index (χ2v) is 7.92. The molecule has 0 aliphatic heterocycles. The summed E-state index contributed by atoms with van der Waals surface area (Å²) >= 11 is 0. The third kappa shape index (κ3) is 3.25. The molecule has 0 aromatic carbocycles. The molecule has 0 spiro atoms. The normalized spacial score (nSPS) is 24.3. The highest BCUT2D eigenvalue weighted by Crippen LogP contribution is 2.50. The van der Waals surface area contributed by atoms with Crippen LogP contribution in [0.4, 0.5) is 19.4 Å². The van der Waals surface area contributed by atoms with Gasteiger partial charge in [-0.25, -0.2) is 18.3 Å². The summed E-state index contributed by atoms with van der Waals surface area (Å²) in [5.74, 6) is -1.72. The van der Waals surface area contributed by atoms with Crippen molar-refractivity contribution in [3.63, 3.8) is 0 Å². The third-order valence-electron chi connectivity index (χ3n) is 5.88. The molecule has 0 radical (unpaired) electrons. The monoisotopic (exact) mass is 353 g/mol. The molecular weight excluding hydrogens is 328 g/mol. The highest BCUT2D eigenvalue weighted by atomic mass is 19.3. The number of rotatable bonds is 5. The quantitative estimate of drug-likeness (QED) is 0.829. The Balaban J connectivity index is 1.52. The maximum atomic E-state index is 13.3. The lowest BCUT2D eigenvalue weighted by molar-refractivity contribution is -0.0878. The van der Waals surface area contributed by atoms with Crippen molar-refractivity contribution in [2.75, 3.05) is 5.32 Å². The van der Waals surface area contributed by atoms with E-state index in [0.717, 1.165) is 37.7 Å². The van der Waals surface area contributed by atoms with Crippen LogP contribution in [0, 0.1) is 12.8 Å². The van der Waals surface area contributed by atoms with Gasteiger partial charge in [0.25, 0.3) is 0 Å². The van der Waals surface area contributed by atoms with Gasteiger partial charge in [-0.15, -0.1) is 0 Å². The molecule has 1 heterocycles. The van der Waals surface area contributed by atoms with Crippen molar-refractivity contribution in [2.24, 2.45) is 5.92 Å². The van der Waals surface area contributed by atoms with Gasteiger partial charge in [0, 0.05) is 24.3 Å². The van der Waals surface area contributed by atoms with E-state index in [1.165, 1.54) is 0 Å². The van der Waals surface area contributed by atoms with Gasteiger partial charge in [0.05, 0.1) is 11.7 Å². The van der Waals surface area contributed by atoms with Crippen LogP contribution in [-0.2, 0) is 4.74 Å². The topological polar surface area (TPSA) is 56.2 Å². The molecule has 1 aromatic rings. The summed E-state index contributed by atoms with van der Waals surface area (Å²) in [5, 5.41) is 7.45. The Labute approximate surface area is 146 Å². The Hall–Kier alpha value is -1.66. The van der Waals surface area contributed by atoms with Crippen LogP contribution in [0.5, 0.6) is 0 Å². The molecule has 1 aromatic heterocycles. The van der Waals surface area contributed by atoms with Crippen molar-refractivity contribution in [1.29, 1.82) is 0 Å². The Morgan fingerprint density at radius 2 is 2.00 bits per heavy atom. The molecule has 138 valence electrons. The fourth-order valence-corrected chi connectivity index (χ4v) is 3.78. The minimum absolute atomic E-state index is 0.0924. The number of amides is 1. The van der Waals surface area contributed by atoms with E-state index in [1.54, 1.807) is 0 Å². The molecule has 1 N–H and O–H groups in total. The van der Waals surface area contributed by atoms with Crippen LogP contribution in [0.3, 0.4) is 0 Å². The van der Waals surface area contributed by atoms with Crippen LogP contribution in [-0.4, -0.2) is 27.9 Å². The lowest BCUT2D eigenvalue weighted by atomic mass is 9.78. The number of hydrogen-bond acceptors (Lipinski definition) is 3. The Morgan fingerprint density at radius 3 is 2.52 bits per heavy atom. The first-order valence-electron chi connectivity index (χ1n) is 9.28. The van der Waals surface area contributed by atoms with Crippen molar-refractivity contribution in [3.05, 3.63) is 11.3 Å². The maximum Gasteiger partial charge on any atom is 0.413 e. The van der Waals surface area contributed by atoms with Gasteiger partial charge in [0.15, 0.2) is 0 Å². The smallest absolute Gasteiger partial charge is 0.413 e. The first-order chi connectivity index (χ1) is 11.8. The minimum Gasteiger partial charge on any atom is -0.446 e. The zero-order valence-corrected chi connectivity index (χ0v) is 14.7. The number of carbonyl (C=O) groups excluding carboxylic acids is 1. The van der Waals surface area contributed by atoms with Crippen LogP contribution in [0.25, 0.3) is 0 Å². The number of nitrogens with zero attached hydrogens (tertiary/aromatic N) is 2. The fourth-order valence-electron chi connectivity index (χ4n) is 3.78. The molecule has 3 fully saturated rings. The van der Waals surface area contributed by atoms with Gasteiger partial charge in [0.2, 0.25) is 5.92 Å². The number of hydrogen-bond donors (Lipinski definition) is 1. The fraction of sp³-hybridized carbons (Fsp3) is 0.778. The van der Waals surface area contributed by atoms with Gasteiger partial charge >= 0.3 is 6.09 Å². The van der Waals surface area contributed by atoms with Crippen molar-refractivity contribution in [3.8, 4) is 0 Å². The molecule has 3 aliphatic carbocycles. The molecule has 4 rings (SSSR count). The van der Waals surface area contributed by atoms with Crippen LogP contribution in [0.15, 0.2) is 0 Å². The molecule has 5 nitrogen and oxygen atoms in total. The molecule has 3 aliphatic rings. The number of nitrogens with one attached hydrogen (secondary N) is 1. The van der Waals surface area contributed by atoms with Gasteiger partial charge in [-0.1, -0.05) is 0 Å². The van der Waals surface area contributed by atoms with E-state index in [4.69, 9.17) is 4.74 Å². The number of ether oxygens (including phenoxy) is 1. The average Bonchev–Trinajstić information content (AvgIpc) is 3.24. The zero-order valence-electron chi connectivity index (χ0n) is 14.7. The summed E-state index contributed by atoms with van der Waals surface area (Å²) in [6, 6.07) is 0.240. The van der Waals surface area contributed by atoms with Crippen LogP contribution in [0.1, 0.15) is 75.1 Å². The molecule has 0 unspecified atom stereocenters. The molecule has 1 atom stereocenters. The summed E-state index contributed by atoms with van der Waals surface area (Å²) in [6.45, 7) is 3.77. The number of halogens is 2. The molecule has 25 heavy (non-hydrogen) atoms. The van der Waals surface area contributed by atoms with E-state index in [1.807, 2.05) is 18.5 Å². The largest absolute Gasteiger partial charge is 0.446 e. The van der Waals surface area contributed by atoms with Gasteiger partial charge in [-0.05, 0) is 51.9 Å². The summed E-state index contributed by atoms with van der Waals surface area (Å²) in [6.07, 6.45) is 4.46. The van der Waals surface area contributed by atoms with Crippen LogP contribution in [0.2, 0.25) is 0 Å². The number of alkyl halides is 2. The van der Waals surface area contributed by atoms with Crippen molar-refractivity contribution in [2.45, 2.75) is 82.8 Å². The summed E-state index contributed by atoms with van der Waals surface area (Å²) in [4.78, 5) is 12.3. The lowest BCUT2D eigenvalue weighted by Gasteiger charge is -2.34. The second kappa shape index (κ2) is 5.95. The number of carbonyl (C=O) groups is 1. The van der Waals surface area contributed by atoms with E-state index in [-0.39, 0.29) is 30.9 Å². The van der Waals surface area contributed by atoms with Crippen LogP contribution < -0.4 is 5.32 Å². The van der Waals surface area contributed by atoms with E-state index < -0.39 is 12.0 Å². The highest BCUT2D eigenvalue weighted by Gasteiger charge is 2.48. The van der Waals surface area contributed by atoms with E-state index in [9.17, 15) is 13.6 Å². The third-order valence-corrected chi connectivity index (χ3v) is 5.88. The minimum atomic E-state index is -2.58. The van der Waals surface area contributed by atoms with Crippen LogP contribution >= 0.6 is 0 Å². The van der Waals surface area contributed by atoms with Crippen molar-refractivity contribution < 1.29 is 18.3 Å². The first-order valence-corrected chi connectivity index (χ1v) is 9.28. The maximum absolute atomic E-state index is 13.3.